The van der Waals surface area contributed by atoms with Gasteiger partial charge in [0.15, 0.2) is 5.78 Å². The van der Waals surface area contributed by atoms with Crippen molar-refractivity contribution in [1.82, 2.24) is 0 Å². The number of hydrogen-bond donors (Lipinski definition) is 1. The molecule has 0 saturated heterocycles. The van der Waals surface area contributed by atoms with Crippen molar-refractivity contribution in [3.8, 4) is 5.75 Å². The Hall–Kier alpha value is -3.02. The fourth-order valence-electron chi connectivity index (χ4n) is 2.03. The fourth-order valence-corrected chi connectivity index (χ4v) is 2.03. The van der Waals surface area contributed by atoms with E-state index in [1.807, 2.05) is 0 Å². The molecule has 0 heterocycles. The zero-order chi connectivity index (χ0) is 17.7. The second kappa shape index (κ2) is 7.50. The first-order valence-electron chi connectivity index (χ1n) is 6.98. The van der Waals surface area contributed by atoms with Gasteiger partial charge in [0.05, 0.1) is 11.1 Å². The molecular weight excluding hydrogens is 318 g/mol. The van der Waals surface area contributed by atoms with E-state index in [-0.39, 0.29) is 16.9 Å². The normalized spacial score (nSPS) is 11.0. The maximum Gasteiger partial charge on any atom is 0.387 e. The molecule has 0 aliphatic heterocycles. The molecule has 0 saturated carbocycles. The van der Waals surface area contributed by atoms with Crippen molar-refractivity contribution in [2.45, 2.75) is 13.5 Å². The summed E-state index contributed by atoms with van der Waals surface area (Å²) in [6.45, 7) is -1.29. The molecule has 24 heavy (non-hydrogen) atoms. The second-order valence-electron chi connectivity index (χ2n) is 5.00. The third-order valence-corrected chi connectivity index (χ3v) is 3.20. The molecule has 0 atom stereocenters. The van der Waals surface area contributed by atoms with E-state index in [4.69, 9.17) is 5.11 Å². The number of ketones is 1. The number of alkyl halides is 2. The maximum atomic E-state index is 12.4. The minimum atomic E-state index is -3.02. The van der Waals surface area contributed by atoms with Gasteiger partial charge in [-0.15, -0.1) is 0 Å². The van der Waals surface area contributed by atoms with Gasteiger partial charge in [0, 0.05) is 0 Å². The highest BCUT2D eigenvalue weighted by Crippen LogP contribution is 2.23. The van der Waals surface area contributed by atoms with E-state index in [9.17, 15) is 18.4 Å². The lowest BCUT2D eigenvalue weighted by molar-refractivity contribution is -0.0501. The fraction of sp³-hybridized carbons (Fsp3) is 0.111. The van der Waals surface area contributed by atoms with Crippen molar-refractivity contribution in [1.29, 1.82) is 0 Å². The summed E-state index contributed by atoms with van der Waals surface area (Å²) in [4.78, 5) is 23.0. The number of aromatic carboxylic acids is 1. The Morgan fingerprint density at radius 1 is 1.12 bits per heavy atom. The van der Waals surface area contributed by atoms with Crippen molar-refractivity contribution in [2.75, 3.05) is 0 Å². The number of ether oxygens (including phenoxy) is 1. The molecule has 0 aromatic heterocycles. The molecule has 0 bridgehead atoms. The Morgan fingerprint density at radius 3 is 2.38 bits per heavy atom. The van der Waals surface area contributed by atoms with Crippen LogP contribution in [0.15, 0.2) is 48.5 Å². The molecule has 0 radical (unpaired) electrons. The van der Waals surface area contributed by atoms with Crippen LogP contribution in [0.5, 0.6) is 5.75 Å². The summed E-state index contributed by atoms with van der Waals surface area (Å²) in [5.74, 6) is -1.72. The maximum absolute atomic E-state index is 12.4. The minimum absolute atomic E-state index is 0.0358. The summed E-state index contributed by atoms with van der Waals surface area (Å²) in [7, 11) is 0. The average Bonchev–Trinajstić information content (AvgIpc) is 2.54. The molecule has 0 amide bonds. The van der Waals surface area contributed by atoms with Crippen LogP contribution >= 0.6 is 0 Å². The molecule has 2 rings (SSSR count). The van der Waals surface area contributed by atoms with E-state index in [0.717, 1.165) is 5.56 Å². The van der Waals surface area contributed by atoms with Crippen molar-refractivity contribution in [3.63, 3.8) is 0 Å². The lowest BCUT2D eigenvalue weighted by Gasteiger charge is -2.09. The van der Waals surface area contributed by atoms with Crippen LogP contribution in [0.25, 0.3) is 6.08 Å². The first-order valence-corrected chi connectivity index (χ1v) is 6.98. The van der Waals surface area contributed by atoms with Crippen molar-refractivity contribution < 1.29 is 28.2 Å². The molecule has 124 valence electrons. The number of carbonyl (C=O) groups is 2. The number of hydrogen-bond acceptors (Lipinski definition) is 3. The third-order valence-electron chi connectivity index (χ3n) is 3.20. The predicted octanol–water partition coefficient (Wildman–Crippen LogP) is 4.19. The number of carboxylic acid groups (broad SMARTS) is 1. The number of aryl methyl sites for hydroxylation is 1. The standard InChI is InChI=1S/C18H14F2O4/c1-11-2-9-16(24-18(19)20)14(10-11)15(21)8-5-12-3-6-13(7-4-12)17(22)23/h2-10,18H,1H3,(H,22,23)/b8-5+. The minimum Gasteiger partial charge on any atom is -0.478 e. The Bertz CT molecular complexity index is 780. The summed E-state index contributed by atoms with van der Waals surface area (Å²) in [6.07, 6.45) is 2.70. The van der Waals surface area contributed by atoms with Crippen LogP contribution in [0, 0.1) is 6.92 Å². The van der Waals surface area contributed by atoms with Crippen LogP contribution in [0.2, 0.25) is 0 Å². The molecule has 2 aromatic carbocycles. The lowest BCUT2D eigenvalue weighted by Crippen LogP contribution is -2.07. The highest BCUT2D eigenvalue weighted by molar-refractivity contribution is 6.08. The van der Waals surface area contributed by atoms with Gasteiger partial charge in [0.2, 0.25) is 0 Å². The molecule has 0 unspecified atom stereocenters. The topological polar surface area (TPSA) is 63.6 Å². The summed E-state index contributed by atoms with van der Waals surface area (Å²) < 4.78 is 29.2. The molecule has 0 fully saturated rings. The number of carboxylic acids is 1. The van der Waals surface area contributed by atoms with Gasteiger partial charge in [-0.05, 0) is 42.8 Å². The van der Waals surface area contributed by atoms with Crippen molar-refractivity contribution >= 4 is 17.8 Å². The lowest BCUT2D eigenvalue weighted by atomic mass is 10.0. The van der Waals surface area contributed by atoms with Gasteiger partial charge in [-0.1, -0.05) is 29.8 Å². The average molecular weight is 332 g/mol. The zero-order valence-electron chi connectivity index (χ0n) is 12.7. The summed E-state index contributed by atoms with van der Waals surface area (Å²) in [6, 6.07) is 10.3. The van der Waals surface area contributed by atoms with E-state index < -0.39 is 18.4 Å². The second-order valence-corrected chi connectivity index (χ2v) is 5.00. The molecule has 1 N–H and O–H groups in total. The van der Waals surface area contributed by atoms with Crippen LogP contribution in [0.1, 0.15) is 31.8 Å². The third kappa shape index (κ3) is 4.49. The van der Waals surface area contributed by atoms with E-state index in [2.05, 4.69) is 4.74 Å². The van der Waals surface area contributed by atoms with Gasteiger partial charge in [-0.2, -0.15) is 8.78 Å². The Morgan fingerprint density at radius 2 is 1.79 bits per heavy atom. The van der Waals surface area contributed by atoms with Gasteiger partial charge in [0.1, 0.15) is 5.75 Å². The summed E-state index contributed by atoms with van der Waals surface area (Å²) >= 11 is 0. The van der Waals surface area contributed by atoms with Gasteiger partial charge in [-0.3, -0.25) is 4.79 Å². The molecule has 0 aliphatic rings. The van der Waals surface area contributed by atoms with Crippen molar-refractivity contribution in [3.05, 3.63) is 70.8 Å². The van der Waals surface area contributed by atoms with Crippen LogP contribution in [0.3, 0.4) is 0 Å². The quantitative estimate of drug-likeness (QED) is 0.636. The van der Waals surface area contributed by atoms with E-state index in [1.165, 1.54) is 36.4 Å². The number of rotatable bonds is 6. The summed E-state index contributed by atoms with van der Waals surface area (Å²) in [5.41, 5.74) is 1.51. The molecule has 6 heteroatoms. The van der Waals surface area contributed by atoms with E-state index >= 15 is 0 Å². The molecule has 0 spiro atoms. The van der Waals surface area contributed by atoms with Crippen LogP contribution in [-0.4, -0.2) is 23.5 Å². The highest BCUT2D eigenvalue weighted by atomic mass is 19.3. The smallest absolute Gasteiger partial charge is 0.387 e. The zero-order valence-corrected chi connectivity index (χ0v) is 12.7. The monoisotopic (exact) mass is 332 g/mol. The number of halogens is 2. The molecule has 4 nitrogen and oxygen atoms in total. The molecular formula is C18H14F2O4. The Labute approximate surface area is 137 Å². The summed E-state index contributed by atoms with van der Waals surface area (Å²) in [5, 5.41) is 8.82. The van der Waals surface area contributed by atoms with Crippen LogP contribution in [-0.2, 0) is 0 Å². The largest absolute Gasteiger partial charge is 0.478 e. The van der Waals surface area contributed by atoms with E-state index in [1.54, 1.807) is 25.1 Å². The molecule has 2 aromatic rings. The highest BCUT2D eigenvalue weighted by Gasteiger charge is 2.14. The van der Waals surface area contributed by atoms with Gasteiger partial charge >= 0.3 is 12.6 Å². The Kier molecular flexibility index (Phi) is 5.42. The first-order chi connectivity index (χ1) is 11.4. The van der Waals surface area contributed by atoms with Crippen LogP contribution in [0.4, 0.5) is 8.78 Å². The van der Waals surface area contributed by atoms with E-state index in [0.29, 0.717) is 5.56 Å². The SMILES string of the molecule is Cc1ccc(OC(F)F)c(C(=O)/C=C/c2ccc(C(=O)O)cc2)c1. The number of allylic oxidation sites excluding steroid dienone is 1. The van der Waals surface area contributed by atoms with Crippen molar-refractivity contribution in [2.24, 2.45) is 0 Å². The first kappa shape index (κ1) is 17.3. The number of carbonyl (C=O) groups excluding carboxylic acids is 1. The Balaban J connectivity index is 2.22. The predicted molar refractivity (Wildman–Crippen MR) is 84.6 cm³/mol. The van der Waals surface area contributed by atoms with Crippen LogP contribution < -0.4 is 4.74 Å². The van der Waals surface area contributed by atoms with Gasteiger partial charge in [0.25, 0.3) is 0 Å². The van der Waals surface area contributed by atoms with Gasteiger partial charge in [-0.25, -0.2) is 4.79 Å². The number of benzene rings is 2. The molecule has 0 aliphatic carbocycles. The van der Waals surface area contributed by atoms with Gasteiger partial charge < -0.3 is 9.84 Å².